The van der Waals surface area contributed by atoms with Crippen LogP contribution in [0.25, 0.3) is 0 Å². The zero-order chi connectivity index (χ0) is 23.8. The fourth-order valence-corrected chi connectivity index (χ4v) is 4.45. The molecule has 0 bridgehead atoms. The number of benzene rings is 2. The number of hydrogen-bond acceptors (Lipinski definition) is 5. The third kappa shape index (κ3) is 4.70. The minimum absolute atomic E-state index is 0.151. The van der Waals surface area contributed by atoms with Gasteiger partial charge < -0.3 is 15.4 Å². The van der Waals surface area contributed by atoms with Gasteiger partial charge in [0.2, 0.25) is 15.9 Å². The van der Waals surface area contributed by atoms with Gasteiger partial charge in [0.1, 0.15) is 5.75 Å². The van der Waals surface area contributed by atoms with E-state index < -0.39 is 46.0 Å². The molecular weight excluding hydrogens is 451 g/mol. The van der Waals surface area contributed by atoms with Gasteiger partial charge in [0.05, 0.1) is 28.4 Å². The van der Waals surface area contributed by atoms with Crippen molar-refractivity contribution in [3.63, 3.8) is 0 Å². The van der Waals surface area contributed by atoms with Gasteiger partial charge >= 0.3 is 6.18 Å². The highest BCUT2D eigenvalue weighted by Gasteiger charge is 2.34. The largest absolute Gasteiger partial charge is 0.479 e. The maximum atomic E-state index is 13.1. The van der Waals surface area contributed by atoms with E-state index in [4.69, 9.17) is 4.74 Å². The molecule has 2 aromatic rings. The van der Waals surface area contributed by atoms with Crippen LogP contribution in [0.4, 0.5) is 24.5 Å². The number of alkyl halides is 3. The lowest BCUT2D eigenvalue weighted by atomic mass is 10.1. The number of carbonyl (C=O) groups is 2. The number of aryl methyl sites for hydroxylation is 1. The first kappa shape index (κ1) is 23.5. The van der Waals surface area contributed by atoms with Gasteiger partial charge in [0.15, 0.2) is 6.10 Å². The highest BCUT2D eigenvalue weighted by atomic mass is 32.2. The van der Waals surface area contributed by atoms with Gasteiger partial charge in [-0.25, -0.2) is 8.42 Å². The van der Waals surface area contributed by atoms with E-state index in [-0.39, 0.29) is 22.1 Å². The van der Waals surface area contributed by atoms with Crippen LogP contribution >= 0.6 is 0 Å². The maximum Gasteiger partial charge on any atom is 0.418 e. The van der Waals surface area contributed by atoms with E-state index in [9.17, 15) is 31.2 Å². The number of nitrogens with zero attached hydrogens (tertiary/aromatic N) is 1. The van der Waals surface area contributed by atoms with E-state index in [0.29, 0.717) is 5.69 Å². The van der Waals surface area contributed by atoms with Crippen molar-refractivity contribution in [2.75, 3.05) is 24.2 Å². The van der Waals surface area contributed by atoms with E-state index in [0.717, 1.165) is 23.5 Å². The van der Waals surface area contributed by atoms with Crippen LogP contribution in [-0.2, 0) is 25.8 Å². The topological polar surface area (TPSA) is 105 Å². The molecule has 0 aromatic heterocycles. The number of ether oxygens (including phenoxy) is 1. The number of nitrogens with one attached hydrogen (secondary N) is 2. The monoisotopic (exact) mass is 471 g/mol. The van der Waals surface area contributed by atoms with Gasteiger partial charge in [-0.2, -0.15) is 17.5 Å². The second-order valence-electron chi connectivity index (χ2n) is 7.22. The summed E-state index contributed by atoms with van der Waals surface area (Å²) in [7, 11) is -3.07. The standard InChI is InChI=1S/C20H20F3N3O5S/c1-11-8-15-16(31-12(2)19(28)25-15)9-17(11)32(29,30)26(3)10-18(27)24-14-7-5-4-6-13(14)20(21,22)23/h4-9,12H,10H2,1-3H3,(H,24,27)(H,25,28)/t12-/m1/s1. The van der Waals surface area contributed by atoms with Crippen LogP contribution in [0.1, 0.15) is 18.1 Å². The van der Waals surface area contributed by atoms with Crippen molar-refractivity contribution in [1.82, 2.24) is 4.31 Å². The van der Waals surface area contributed by atoms with E-state index in [1.54, 1.807) is 0 Å². The number of likely N-dealkylation sites (N-methyl/N-ethyl adjacent to an activating group) is 1. The molecule has 1 aliphatic rings. The molecule has 3 rings (SSSR count). The van der Waals surface area contributed by atoms with Crippen LogP contribution in [-0.4, -0.2) is 44.2 Å². The molecule has 0 fully saturated rings. The summed E-state index contributed by atoms with van der Waals surface area (Å²) in [5, 5.41) is 4.72. The first-order chi connectivity index (χ1) is 14.8. The highest BCUT2D eigenvalue weighted by Crippen LogP contribution is 2.36. The van der Waals surface area contributed by atoms with Crippen molar-refractivity contribution >= 4 is 33.2 Å². The molecule has 2 N–H and O–H groups in total. The molecule has 1 atom stereocenters. The summed E-state index contributed by atoms with van der Waals surface area (Å²) in [4.78, 5) is 23.9. The van der Waals surface area contributed by atoms with E-state index in [1.165, 1.54) is 38.1 Å². The summed E-state index contributed by atoms with van der Waals surface area (Å²) in [5.74, 6) is -1.17. The average molecular weight is 471 g/mol. The summed E-state index contributed by atoms with van der Waals surface area (Å²) < 4.78 is 71.5. The lowest BCUT2D eigenvalue weighted by Gasteiger charge is -2.25. The molecule has 0 aliphatic carbocycles. The normalized spacial score (nSPS) is 16.2. The van der Waals surface area contributed by atoms with Crippen LogP contribution in [0, 0.1) is 6.92 Å². The van der Waals surface area contributed by atoms with Crippen LogP contribution in [0.5, 0.6) is 5.75 Å². The Kier molecular flexibility index (Phi) is 6.20. The van der Waals surface area contributed by atoms with Gasteiger partial charge in [-0.3, -0.25) is 9.59 Å². The van der Waals surface area contributed by atoms with Gasteiger partial charge in [-0.15, -0.1) is 0 Å². The number of amides is 2. The van der Waals surface area contributed by atoms with Crippen molar-refractivity contribution in [1.29, 1.82) is 0 Å². The van der Waals surface area contributed by atoms with E-state index in [2.05, 4.69) is 10.6 Å². The van der Waals surface area contributed by atoms with Crippen molar-refractivity contribution in [2.24, 2.45) is 0 Å². The average Bonchev–Trinajstić information content (AvgIpc) is 2.68. The van der Waals surface area contributed by atoms with Crippen LogP contribution in [0.3, 0.4) is 0 Å². The number of carbonyl (C=O) groups excluding carboxylic acids is 2. The van der Waals surface area contributed by atoms with Crippen LogP contribution < -0.4 is 15.4 Å². The minimum Gasteiger partial charge on any atom is -0.479 e. The molecule has 1 heterocycles. The molecule has 0 unspecified atom stereocenters. The quantitative estimate of drug-likeness (QED) is 0.698. The minimum atomic E-state index is -4.69. The Morgan fingerprint density at radius 3 is 2.56 bits per heavy atom. The van der Waals surface area contributed by atoms with Gasteiger partial charge in [0, 0.05) is 13.1 Å². The molecule has 2 amide bonds. The Bertz CT molecular complexity index is 1180. The number of rotatable bonds is 5. The number of halogens is 3. The molecule has 0 radical (unpaired) electrons. The SMILES string of the molecule is Cc1cc2c(cc1S(=O)(=O)N(C)CC(=O)Nc1ccccc1C(F)(F)F)O[C@H](C)C(=O)N2. The molecule has 2 aromatic carbocycles. The zero-order valence-corrected chi connectivity index (χ0v) is 18.1. The second-order valence-corrected chi connectivity index (χ2v) is 9.23. The lowest BCUT2D eigenvalue weighted by molar-refractivity contribution is -0.137. The molecule has 0 saturated heterocycles. The van der Waals surface area contributed by atoms with Gasteiger partial charge in [-0.1, -0.05) is 12.1 Å². The Morgan fingerprint density at radius 2 is 1.91 bits per heavy atom. The van der Waals surface area contributed by atoms with Crippen molar-refractivity contribution in [3.8, 4) is 5.75 Å². The molecule has 8 nitrogen and oxygen atoms in total. The van der Waals surface area contributed by atoms with Crippen molar-refractivity contribution < 1.29 is 35.9 Å². The maximum absolute atomic E-state index is 13.1. The Hall–Kier alpha value is -3.12. The second kappa shape index (κ2) is 8.43. The molecule has 32 heavy (non-hydrogen) atoms. The smallest absolute Gasteiger partial charge is 0.418 e. The van der Waals surface area contributed by atoms with E-state index >= 15 is 0 Å². The number of anilines is 2. The zero-order valence-electron chi connectivity index (χ0n) is 17.3. The first-order valence-corrected chi connectivity index (χ1v) is 10.8. The third-order valence-corrected chi connectivity index (χ3v) is 6.71. The first-order valence-electron chi connectivity index (χ1n) is 9.35. The fraction of sp³-hybridized carbons (Fsp3) is 0.300. The number of sulfonamides is 1. The molecule has 172 valence electrons. The summed E-state index contributed by atoms with van der Waals surface area (Å²) >= 11 is 0. The number of fused-ring (bicyclic) bond motifs is 1. The third-order valence-electron chi connectivity index (χ3n) is 4.77. The van der Waals surface area contributed by atoms with Crippen molar-refractivity contribution in [2.45, 2.75) is 31.0 Å². The van der Waals surface area contributed by atoms with Crippen molar-refractivity contribution in [3.05, 3.63) is 47.5 Å². The van der Waals surface area contributed by atoms with Gasteiger partial charge in [0.25, 0.3) is 5.91 Å². The summed E-state index contributed by atoms with van der Waals surface area (Å²) in [6.07, 6.45) is -5.51. The highest BCUT2D eigenvalue weighted by molar-refractivity contribution is 7.89. The number of hydrogen-bond donors (Lipinski definition) is 2. The Morgan fingerprint density at radius 1 is 1.25 bits per heavy atom. The predicted molar refractivity (Wildman–Crippen MR) is 110 cm³/mol. The summed E-state index contributed by atoms with van der Waals surface area (Å²) in [5.41, 5.74) is -0.915. The molecule has 12 heteroatoms. The molecule has 0 spiro atoms. The fourth-order valence-electron chi connectivity index (χ4n) is 3.10. The predicted octanol–water partition coefficient (Wildman–Crippen LogP) is 2.99. The van der Waals surface area contributed by atoms with E-state index in [1.807, 2.05) is 0 Å². The lowest BCUT2D eigenvalue weighted by Crippen LogP contribution is -2.36. The molecule has 0 saturated carbocycles. The summed E-state index contributed by atoms with van der Waals surface area (Å²) in [6, 6.07) is 7.06. The van der Waals surface area contributed by atoms with Gasteiger partial charge in [-0.05, 0) is 37.6 Å². The Balaban J connectivity index is 1.81. The molecular formula is C20H20F3N3O5S. The van der Waals surface area contributed by atoms with Crippen LogP contribution in [0.15, 0.2) is 41.3 Å². The summed E-state index contributed by atoms with van der Waals surface area (Å²) in [6.45, 7) is 2.28. The number of para-hydroxylation sites is 1. The molecule has 1 aliphatic heterocycles. The van der Waals surface area contributed by atoms with Crippen LogP contribution in [0.2, 0.25) is 0 Å². The Labute approximate surface area is 182 Å².